The van der Waals surface area contributed by atoms with Crippen LogP contribution in [-0.4, -0.2) is 77.2 Å². The lowest BCUT2D eigenvalue weighted by Gasteiger charge is -2.41. The number of halogens is 5. The van der Waals surface area contributed by atoms with E-state index in [-0.39, 0.29) is 49.0 Å². The summed E-state index contributed by atoms with van der Waals surface area (Å²) in [4.78, 5) is 14.0. The number of fused-ring (bicyclic) bond motifs is 7. The van der Waals surface area contributed by atoms with Crippen molar-refractivity contribution in [3.8, 4) is 17.3 Å². The predicted molar refractivity (Wildman–Crippen MR) is 172 cm³/mol. The van der Waals surface area contributed by atoms with E-state index in [4.69, 9.17) is 14.7 Å². The minimum Gasteiger partial charge on any atom is -0.461 e. The van der Waals surface area contributed by atoms with Gasteiger partial charge < -0.3 is 15.0 Å². The quantitative estimate of drug-likeness (QED) is 0.216. The summed E-state index contributed by atoms with van der Waals surface area (Å²) in [6.45, 7) is 3.31. The molecule has 4 aromatic rings. The van der Waals surface area contributed by atoms with Crippen LogP contribution >= 0.6 is 0 Å². The van der Waals surface area contributed by atoms with Crippen molar-refractivity contribution in [1.29, 1.82) is 0 Å². The van der Waals surface area contributed by atoms with Crippen molar-refractivity contribution in [3.63, 3.8) is 0 Å². The van der Waals surface area contributed by atoms with Crippen LogP contribution in [0.5, 0.6) is 6.01 Å². The Labute approximate surface area is 280 Å². The van der Waals surface area contributed by atoms with Crippen molar-refractivity contribution < 1.29 is 36.0 Å². The smallest absolute Gasteiger partial charge is 0.461 e. The molecule has 0 aliphatic carbocycles. The van der Waals surface area contributed by atoms with Gasteiger partial charge in [0.1, 0.15) is 30.4 Å². The molecule has 1 N–H and O–H groups in total. The minimum absolute atomic E-state index is 0.000224. The number of alkyl halides is 3. The highest BCUT2D eigenvalue weighted by atomic mass is 19.4. The fourth-order valence-corrected chi connectivity index (χ4v) is 9.72. The number of piperazine rings is 1. The van der Waals surface area contributed by atoms with Crippen LogP contribution in [0.4, 0.5) is 27.8 Å². The molecule has 5 aliphatic rings. The number of nitrogens with zero attached hydrogens (tertiary/aromatic N) is 5. The number of nitrogens with one attached hydrogen (secondary N) is 1. The van der Waals surface area contributed by atoms with E-state index in [1.807, 2.05) is 34.7 Å². The van der Waals surface area contributed by atoms with Crippen LogP contribution < -0.4 is 19.5 Å². The Hall–Kier alpha value is -3.68. The molecule has 8 nitrogen and oxygen atoms in total. The summed E-state index contributed by atoms with van der Waals surface area (Å²) in [5, 5.41) is 5.85. The first-order chi connectivity index (χ1) is 23.5. The van der Waals surface area contributed by atoms with Crippen molar-refractivity contribution in [3.05, 3.63) is 53.2 Å². The lowest BCUT2D eigenvalue weighted by atomic mass is 9.94. The van der Waals surface area contributed by atoms with E-state index in [1.165, 1.54) is 6.07 Å². The number of anilines is 1. The van der Waals surface area contributed by atoms with Crippen LogP contribution in [0.3, 0.4) is 0 Å². The molecule has 13 heteroatoms. The van der Waals surface area contributed by atoms with Gasteiger partial charge in [-0.1, -0.05) is 18.2 Å². The molecule has 9 rings (SSSR count). The Morgan fingerprint density at radius 3 is 2.76 bits per heavy atom. The highest BCUT2D eigenvalue weighted by molar-refractivity contribution is 6.00. The van der Waals surface area contributed by atoms with Crippen LogP contribution in [0.15, 0.2) is 30.3 Å². The number of aromatic nitrogens is 3. The highest BCUT2D eigenvalue weighted by Gasteiger charge is 2.52. The molecule has 5 aliphatic heterocycles. The number of hydrogen-bond donors (Lipinski definition) is 1. The maximum atomic E-state index is 17.3. The summed E-state index contributed by atoms with van der Waals surface area (Å²) in [5.41, 5.74) is 1.69. The van der Waals surface area contributed by atoms with E-state index < -0.39 is 23.8 Å². The molecule has 2 aromatic heterocycles. The Morgan fingerprint density at radius 1 is 1.06 bits per heavy atom. The van der Waals surface area contributed by atoms with E-state index in [9.17, 15) is 17.6 Å². The molecular formula is C36H38F5N6O2+. The minimum atomic E-state index is -4.72. The topological polar surface area (TPSA) is 66.6 Å². The SMILES string of the molecule is Cc1c(F)ccc2cccc(-c3c(F)c4nc(OC[C@]56CCCN5C[C@@H](OC(F)(F)F)C6)nc5c4c([n+]3C)CC[C@@H]3[C@@H]4CC[C@H](CN53)N4)c12. The molecule has 5 atom stereocenters. The second-order valence-electron chi connectivity index (χ2n) is 14.6. The molecule has 2 aromatic carbocycles. The van der Waals surface area contributed by atoms with E-state index in [1.54, 1.807) is 13.0 Å². The van der Waals surface area contributed by atoms with Gasteiger partial charge in [0.15, 0.2) is 11.5 Å². The third-order valence-electron chi connectivity index (χ3n) is 11.9. The molecule has 0 radical (unpaired) electrons. The van der Waals surface area contributed by atoms with Gasteiger partial charge >= 0.3 is 12.4 Å². The monoisotopic (exact) mass is 681 g/mol. The third-order valence-corrected chi connectivity index (χ3v) is 11.9. The zero-order valence-corrected chi connectivity index (χ0v) is 27.4. The lowest BCUT2D eigenvalue weighted by Crippen LogP contribution is -2.58. The van der Waals surface area contributed by atoms with Crippen LogP contribution in [0.2, 0.25) is 0 Å². The van der Waals surface area contributed by atoms with Gasteiger partial charge in [-0.3, -0.25) is 9.64 Å². The average molecular weight is 682 g/mol. The van der Waals surface area contributed by atoms with Crippen LogP contribution in [0.1, 0.15) is 49.8 Å². The number of hydrogen-bond acceptors (Lipinski definition) is 7. The molecule has 0 saturated carbocycles. The first-order valence-electron chi connectivity index (χ1n) is 17.2. The normalized spacial score (nSPS) is 27.9. The van der Waals surface area contributed by atoms with Gasteiger partial charge in [0, 0.05) is 43.0 Å². The van der Waals surface area contributed by atoms with Gasteiger partial charge in [-0.25, -0.2) is 4.39 Å². The number of ether oxygens (including phenoxy) is 2. The standard InChI is InChI=1S/C36H38F5N6O2/c1-19-24(37)9-7-20-5-3-6-23(28(19)20)32-30(38)31-29-27(45(32)2)12-11-26-25-10-8-21(42-25)16-47(26)33(29)44-34(43-31)48-18-35-13-4-14-46(35)17-22(15-35)49-36(39,40)41/h3,5-7,9,21-22,25-26,42H,4,8,10-18H2,1-2H3/q+1/t21-,22+,25+,26-,35-/m1/s1. The Balaban J connectivity index is 1.19. The number of aryl methyl sites for hydroxylation is 2. The van der Waals surface area contributed by atoms with Gasteiger partial charge in [0.05, 0.1) is 17.2 Å². The highest BCUT2D eigenvalue weighted by Crippen LogP contribution is 2.44. The molecule has 0 amide bonds. The zero-order valence-electron chi connectivity index (χ0n) is 27.4. The van der Waals surface area contributed by atoms with E-state index in [0.717, 1.165) is 43.3 Å². The van der Waals surface area contributed by atoms with Gasteiger partial charge in [-0.2, -0.15) is 18.9 Å². The Bertz CT molecular complexity index is 2010. The van der Waals surface area contributed by atoms with E-state index in [0.29, 0.717) is 58.8 Å². The first-order valence-corrected chi connectivity index (χ1v) is 17.2. The van der Waals surface area contributed by atoms with Gasteiger partial charge in [-0.15, -0.1) is 13.2 Å². The summed E-state index contributed by atoms with van der Waals surface area (Å²) >= 11 is 0. The lowest BCUT2D eigenvalue weighted by molar-refractivity contribution is -0.667. The maximum Gasteiger partial charge on any atom is 0.522 e. The van der Waals surface area contributed by atoms with Crippen molar-refractivity contribution in [1.82, 2.24) is 20.2 Å². The molecular weight excluding hydrogens is 643 g/mol. The third kappa shape index (κ3) is 4.97. The van der Waals surface area contributed by atoms with E-state index in [2.05, 4.69) is 15.0 Å². The van der Waals surface area contributed by atoms with Gasteiger partial charge in [0.2, 0.25) is 5.82 Å². The van der Waals surface area contributed by atoms with Crippen LogP contribution in [0.25, 0.3) is 32.9 Å². The van der Waals surface area contributed by atoms with Crippen LogP contribution in [0, 0.1) is 18.6 Å². The molecule has 2 bridgehead atoms. The van der Waals surface area contributed by atoms with Crippen molar-refractivity contribution >= 4 is 27.5 Å². The summed E-state index contributed by atoms with van der Waals surface area (Å²) in [7, 11) is 1.86. The largest absolute Gasteiger partial charge is 0.522 e. The average Bonchev–Trinajstić information content (AvgIpc) is 3.70. The Kier molecular flexibility index (Phi) is 7.13. The second kappa shape index (κ2) is 11.2. The zero-order chi connectivity index (χ0) is 33.8. The summed E-state index contributed by atoms with van der Waals surface area (Å²) in [5.74, 6) is -0.290. The van der Waals surface area contributed by atoms with E-state index >= 15 is 4.39 Å². The number of rotatable bonds is 5. The molecule has 49 heavy (non-hydrogen) atoms. The fraction of sp³-hybridized carbons (Fsp3) is 0.528. The predicted octanol–water partition coefficient (Wildman–Crippen LogP) is 5.64. The molecule has 258 valence electrons. The summed E-state index contributed by atoms with van der Waals surface area (Å²) in [6.07, 6.45) is -0.447. The molecule has 7 heterocycles. The summed E-state index contributed by atoms with van der Waals surface area (Å²) in [6, 6.07) is 9.40. The molecule has 0 spiro atoms. The van der Waals surface area contributed by atoms with Crippen molar-refractivity contribution in [2.45, 2.75) is 88.0 Å². The molecule has 0 unspecified atom stereocenters. The molecule has 4 fully saturated rings. The van der Waals surface area contributed by atoms with Crippen molar-refractivity contribution in [2.24, 2.45) is 7.05 Å². The number of pyridine rings is 1. The van der Waals surface area contributed by atoms with Crippen molar-refractivity contribution in [2.75, 3.05) is 31.1 Å². The van der Waals surface area contributed by atoms with Gasteiger partial charge in [0.25, 0.3) is 5.69 Å². The number of benzene rings is 2. The second-order valence-corrected chi connectivity index (χ2v) is 14.6. The first kappa shape index (κ1) is 31.3. The maximum absolute atomic E-state index is 17.3. The molecule has 4 saturated heterocycles. The fourth-order valence-electron chi connectivity index (χ4n) is 9.72. The Morgan fingerprint density at radius 2 is 1.92 bits per heavy atom. The summed E-state index contributed by atoms with van der Waals surface area (Å²) < 4.78 is 84.4. The van der Waals surface area contributed by atoms with Gasteiger partial charge in [-0.05, 0) is 75.1 Å². The van der Waals surface area contributed by atoms with Crippen LogP contribution in [-0.2, 0) is 18.2 Å².